The van der Waals surface area contributed by atoms with Gasteiger partial charge in [-0.2, -0.15) is 11.3 Å². The highest BCUT2D eigenvalue weighted by Gasteiger charge is 2.04. The van der Waals surface area contributed by atoms with E-state index >= 15 is 0 Å². The number of thiophene rings is 1. The fourth-order valence-corrected chi connectivity index (χ4v) is 2.69. The van der Waals surface area contributed by atoms with Crippen molar-refractivity contribution in [2.24, 2.45) is 0 Å². The quantitative estimate of drug-likeness (QED) is 0.711. The molecule has 2 nitrogen and oxygen atoms in total. The van der Waals surface area contributed by atoms with Crippen molar-refractivity contribution in [1.29, 1.82) is 0 Å². The Labute approximate surface area is 122 Å². The number of anilines is 1. The zero-order valence-electron chi connectivity index (χ0n) is 11.0. The summed E-state index contributed by atoms with van der Waals surface area (Å²) in [6, 6.07) is 18.1. The number of benzene rings is 2. The molecular weight excluding hydrogens is 266 g/mol. The molecule has 3 heteroatoms. The van der Waals surface area contributed by atoms with Gasteiger partial charge in [0.05, 0.1) is 5.69 Å². The van der Waals surface area contributed by atoms with Gasteiger partial charge in [-0.1, -0.05) is 36.4 Å². The van der Waals surface area contributed by atoms with Crippen molar-refractivity contribution in [3.05, 3.63) is 70.9 Å². The first-order valence-corrected chi connectivity index (χ1v) is 7.36. The summed E-state index contributed by atoms with van der Waals surface area (Å²) in [5.74, 6) is 0.729. The Morgan fingerprint density at radius 1 is 0.950 bits per heavy atom. The largest absolute Gasteiger partial charge is 0.487 e. The first-order valence-electron chi connectivity index (χ1n) is 6.42. The molecule has 0 radical (unpaired) electrons. The molecule has 0 aliphatic carbocycles. The Bertz CT molecular complexity index is 677. The number of ether oxygens (including phenoxy) is 1. The summed E-state index contributed by atoms with van der Waals surface area (Å²) >= 11 is 1.68. The van der Waals surface area contributed by atoms with E-state index in [2.05, 4.69) is 16.8 Å². The van der Waals surface area contributed by atoms with Crippen LogP contribution in [0, 0.1) is 0 Å². The molecule has 0 saturated carbocycles. The highest BCUT2D eigenvalue weighted by molar-refractivity contribution is 7.08. The normalized spacial score (nSPS) is 10.4. The fraction of sp³-hybridized carbons (Fsp3) is 0.0588. The molecule has 0 fully saturated rings. The van der Waals surface area contributed by atoms with E-state index in [1.807, 2.05) is 48.5 Å². The maximum absolute atomic E-state index is 6.07. The van der Waals surface area contributed by atoms with Crippen LogP contribution < -0.4 is 10.5 Å². The predicted molar refractivity (Wildman–Crippen MR) is 84.9 cm³/mol. The molecule has 20 heavy (non-hydrogen) atoms. The molecule has 3 aromatic rings. The summed E-state index contributed by atoms with van der Waals surface area (Å²) < 4.78 is 5.77. The van der Waals surface area contributed by atoms with Crippen molar-refractivity contribution in [2.45, 2.75) is 6.61 Å². The Kier molecular flexibility index (Phi) is 3.70. The molecule has 0 aliphatic heterocycles. The third-order valence-corrected chi connectivity index (χ3v) is 3.78. The lowest BCUT2D eigenvalue weighted by atomic mass is 10.1. The van der Waals surface area contributed by atoms with Crippen molar-refractivity contribution < 1.29 is 4.74 Å². The van der Waals surface area contributed by atoms with Crippen molar-refractivity contribution >= 4 is 17.0 Å². The number of hydrogen-bond donors (Lipinski definition) is 1. The third-order valence-electron chi connectivity index (χ3n) is 3.10. The minimum absolute atomic E-state index is 0.531. The van der Waals surface area contributed by atoms with Gasteiger partial charge in [0.1, 0.15) is 12.4 Å². The molecule has 0 aliphatic rings. The maximum atomic E-state index is 6.07. The van der Waals surface area contributed by atoms with Crippen molar-refractivity contribution in [1.82, 2.24) is 0 Å². The number of nitrogen functional groups attached to an aromatic ring is 1. The van der Waals surface area contributed by atoms with Gasteiger partial charge in [-0.25, -0.2) is 0 Å². The van der Waals surface area contributed by atoms with Crippen LogP contribution in [0.3, 0.4) is 0 Å². The molecule has 0 atom stereocenters. The Morgan fingerprint density at radius 2 is 1.80 bits per heavy atom. The number of rotatable bonds is 4. The number of hydrogen-bond acceptors (Lipinski definition) is 3. The van der Waals surface area contributed by atoms with Crippen LogP contribution in [0.2, 0.25) is 0 Å². The van der Waals surface area contributed by atoms with E-state index in [0.29, 0.717) is 12.3 Å². The van der Waals surface area contributed by atoms with Crippen molar-refractivity contribution in [3.8, 4) is 16.9 Å². The predicted octanol–water partition coefficient (Wildman–Crippen LogP) is 4.58. The smallest absolute Gasteiger partial charge is 0.142 e. The van der Waals surface area contributed by atoms with Crippen LogP contribution in [0.25, 0.3) is 11.1 Å². The molecule has 2 N–H and O–H groups in total. The van der Waals surface area contributed by atoms with E-state index in [4.69, 9.17) is 10.5 Å². The van der Waals surface area contributed by atoms with Gasteiger partial charge in [0, 0.05) is 0 Å². The lowest BCUT2D eigenvalue weighted by Crippen LogP contribution is -1.98. The average molecular weight is 281 g/mol. The molecule has 0 saturated heterocycles. The van der Waals surface area contributed by atoms with Crippen molar-refractivity contribution in [2.75, 3.05) is 5.73 Å². The lowest BCUT2D eigenvalue weighted by molar-refractivity contribution is 0.308. The van der Waals surface area contributed by atoms with Gasteiger partial charge < -0.3 is 10.5 Å². The molecular formula is C17H15NOS. The van der Waals surface area contributed by atoms with E-state index in [1.54, 1.807) is 11.3 Å². The van der Waals surface area contributed by atoms with Gasteiger partial charge >= 0.3 is 0 Å². The van der Waals surface area contributed by atoms with Crippen LogP contribution in [0.5, 0.6) is 5.75 Å². The van der Waals surface area contributed by atoms with E-state index in [-0.39, 0.29) is 0 Å². The highest BCUT2D eigenvalue weighted by atomic mass is 32.1. The van der Waals surface area contributed by atoms with E-state index < -0.39 is 0 Å². The average Bonchev–Trinajstić information content (AvgIpc) is 3.01. The van der Waals surface area contributed by atoms with Crippen molar-refractivity contribution in [3.63, 3.8) is 0 Å². The zero-order chi connectivity index (χ0) is 13.8. The van der Waals surface area contributed by atoms with Crippen LogP contribution in [0.1, 0.15) is 5.56 Å². The molecule has 1 heterocycles. The molecule has 100 valence electrons. The standard InChI is InChI=1S/C17H15NOS/c18-16-10-14(15-8-9-20-12-15)6-7-17(16)19-11-13-4-2-1-3-5-13/h1-10,12H,11,18H2. The van der Waals surface area contributed by atoms with Crippen LogP contribution in [0.4, 0.5) is 5.69 Å². The Balaban J connectivity index is 1.75. The molecule has 1 aromatic heterocycles. The summed E-state index contributed by atoms with van der Waals surface area (Å²) in [6.45, 7) is 0.531. The van der Waals surface area contributed by atoms with E-state index in [0.717, 1.165) is 16.9 Å². The Morgan fingerprint density at radius 3 is 2.50 bits per heavy atom. The SMILES string of the molecule is Nc1cc(-c2ccsc2)ccc1OCc1ccccc1. The molecule has 0 unspecified atom stereocenters. The molecule has 0 amide bonds. The van der Waals surface area contributed by atoms with Gasteiger partial charge in [0.15, 0.2) is 0 Å². The first-order chi connectivity index (χ1) is 9.83. The lowest BCUT2D eigenvalue weighted by Gasteiger charge is -2.10. The second-order valence-corrected chi connectivity index (χ2v) is 5.32. The van der Waals surface area contributed by atoms with E-state index in [1.165, 1.54) is 5.56 Å². The van der Waals surface area contributed by atoms with Gasteiger partial charge in [-0.05, 0) is 45.6 Å². The molecule has 2 aromatic carbocycles. The van der Waals surface area contributed by atoms with Crippen LogP contribution in [-0.2, 0) is 6.61 Å². The fourth-order valence-electron chi connectivity index (χ4n) is 2.02. The Hall–Kier alpha value is -2.26. The van der Waals surface area contributed by atoms with Crippen LogP contribution in [0.15, 0.2) is 65.4 Å². The van der Waals surface area contributed by atoms with Crippen LogP contribution >= 0.6 is 11.3 Å². The minimum Gasteiger partial charge on any atom is -0.487 e. The molecule has 3 rings (SSSR count). The zero-order valence-corrected chi connectivity index (χ0v) is 11.8. The first kappa shape index (κ1) is 12.8. The van der Waals surface area contributed by atoms with E-state index in [9.17, 15) is 0 Å². The topological polar surface area (TPSA) is 35.2 Å². The summed E-state index contributed by atoms with van der Waals surface area (Å²) in [7, 11) is 0. The van der Waals surface area contributed by atoms with Gasteiger partial charge in [-0.15, -0.1) is 0 Å². The minimum atomic E-state index is 0.531. The maximum Gasteiger partial charge on any atom is 0.142 e. The van der Waals surface area contributed by atoms with Gasteiger partial charge in [0.2, 0.25) is 0 Å². The summed E-state index contributed by atoms with van der Waals surface area (Å²) in [4.78, 5) is 0. The summed E-state index contributed by atoms with van der Waals surface area (Å²) in [5.41, 5.74) is 10.2. The summed E-state index contributed by atoms with van der Waals surface area (Å²) in [5, 5.41) is 4.17. The number of nitrogens with two attached hydrogens (primary N) is 1. The second-order valence-electron chi connectivity index (χ2n) is 4.54. The van der Waals surface area contributed by atoms with Crippen LogP contribution in [-0.4, -0.2) is 0 Å². The summed E-state index contributed by atoms with van der Waals surface area (Å²) in [6.07, 6.45) is 0. The second kappa shape index (κ2) is 5.80. The van der Waals surface area contributed by atoms with Gasteiger partial charge in [-0.3, -0.25) is 0 Å². The third kappa shape index (κ3) is 2.83. The monoisotopic (exact) mass is 281 g/mol. The van der Waals surface area contributed by atoms with Gasteiger partial charge in [0.25, 0.3) is 0 Å². The highest BCUT2D eigenvalue weighted by Crippen LogP contribution is 2.30. The molecule has 0 bridgehead atoms. The molecule has 0 spiro atoms.